The molecule has 2 nitrogen and oxygen atoms in total. The Kier molecular flexibility index (Phi) is 2.70. The van der Waals surface area contributed by atoms with Gasteiger partial charge in [-0.15, -0.1) is 11.3 Å². The summed E-state index contributed by atoms with van der Waals surface area (Å²) in [4.78, 5) is 14.7. The molecule has 0 unspecified atom stereocenters. The van der Waals surface area contributed by atoms with Gasteiger partial charge >= 0.3 is 0 Å². The lowest BCUT2D eigenvalue weighted by molar-refractivity contribution is 0.112. The molecule has 0 aliphatic heterocycles. The molecule has 0 aliphatic rings. The van der Waals surface area contributed by atoms with Gasteiger partial charge in [-0.2, -0.15) is 0 Å². The Morgan fingerprint density at radius 1 is 1.43 bits per heavy atom. The van der Waals surface area contributed by atoms with E-state index in [0.29, 0.717) is 0 Å². The molecule has 3 heteroatoms. The van der Waals surface area contributed by atoms with E-state index in [4.69, 9.17) is 0 Å². The Morgan fingerprint density at radius 3 is 3.07 bits per heavy atom. The lowest BCUT2D eigenvalue weighted by Gasteiger charge is -1.98. The minimum atomic E-state index is 0.721. The first-order chi connectivity index (χ1) is 6.88. The van der Waals surface area contributed by atoms with Gasteiger partial charge in [0.25, 0.3) is 0 Å². The predicted octanol–water partition coefficient (Wildman–Crippen LogP) is 2.55. The predicted molar refractivity (Wildman–Crippen MR) is 56.7 cm³/mol. The molecule has 0 atom stereocenters. The van der Waals surface area contributed by atoms with E-state index in [0.717, 1.165) is 28.8 Å². The van der Waals surface area contributed by atoms with Crippen LogP contribution in [0.2, 0.25) is 0 Å². The molecule has 2 rings (SSSR count). The number of carbonyl (C=O) groups is 1. The van der Waals surface area contributed by atoms with Gasteiger partial charge in [0.05, 0.1) is 5.01 Å². The summed E-state index contributed by atoms with van der Waals surface area (Å²) in [6, 6.07) is 7.60. The Hall–Kier alpha value is -1.48. The summed E-state index contributed by atoms with van der Waals surface area (Å²) < 4.78 is 0. The average molecular weight is 203 g/mol. The van der Waals surface area contributed by atoms with E-state index in [1.165, 1.54) is 0 Å². The van der Waals surface area contributed by atoms with Gasteiger partial charge in [-0.1, -0.05) is 18.2 Å². The van der Waals surface area contributed by atoms with Crippen molar-refractivity contribution in [3.8, 4) is 0 Å². The van der Waals surface area contributed by atoms with Crippen LogP contribution in [0, 0.1) is 0 Å². The molecule has 0 saturated carbocycles. The molecule has 0 radical (unpaired) electrons. The molecule has 0 bridgehead atoms. The highest BCUT2D eigenvalue weighted by Gasteiger charge is 1.99. The van der Waals surface area contributed by atoms with Crippen LogP contribution in [-0.2, 0) is 6.42 Å². The van der Waals surface area contributed by atoms with Crippen LogP contribution in [-0.4, -0.2) is 11.3 Å². The number of hydrogen-bond donors (Lipinski definition) is 0. The minimum absolute atomic E-state index is 0.721. The lowest BCUT2D eigenvalue weighted by atomic mass is 10.1. The zero-order valence-electron chi connectivity index (χ0n) is 7.51. The first kappa shape index (κ1) is 9.09. The van der Waals surface area contributed by atoms with E-state index in [9.17, 15) is 4.79 Å². The number of aldehydes is 1. The van der Waals surface area contributed by atoms with E-state index in [-0.39, 0.29) is 0 Å². The van der Waals surface area contributed by atoms with Crippen molar-refractivity contribution in [2.45, 2.75) is 6.42 Å². The van der Waals surface area contributed by atoms with E-state index in [1.54, 1.807) is 23.6 Å². The molecule has 1 aromatic heterocycles. The van der Waals surface area contributed by atoms with Gasteiger partial charge < -0.3 is 0 Å². The molecule has 0 spiro atoms. The molecular formula is C11H9NOS. The molecular weight excluding hydrogens is 194 g/mol. The van der Waals surface area contributed by atoms with Crippen LogP contribution in [0.4, 0.5) is 0 Å². The quantitative estimate of drug-likeness (QED) is 0.717. The van der Waals surface area contributed by atoms with Crippen molar-refractivity contribution in [1.29, 1.82) is 0 Å². The van der Waals surface area contributed by atoms with E-state index in [1.807, 2.05) is 23.6 Å². The molecule has 70 valence electrons. The second-order valence-corrected chi connectivity index (χ2v) is 3.94. The van der Waals surface area contributed by atoms with Gasteiger partial charge in [-0.05, 0) is 11.6 Å². The fourth-order valence-electron chi connectivity index (χ4n) is 1.29. The van der Waals surface area contributed by atoms with Crippen molar-refractivity contribution in [2.24, 2.45) is 0 Å². The fourth-order valence-corrected chi connectivity index (χ4v) is 1.94. The van der Waals surface area contributed by atoms with Gasteiger partial charge in [0.2, 0.25) is 0 Å². The van der Waals surface area contributed by atoms with Crippen LogP contribution in [0.3, 0.4) is 0 Å². The average Bonchev–Trinajstić information content (AvgIpc) is 2.71. The highest BCUT2D eigenvalue weighted by atomic mass is 32.1. The maximum Gasteiger partial charge on any atom is 0.150 e. The Balaban J connectivity index is 2.21. The summed E-state index contributed by atoms with van der Waals surface area (Å²) in [7, 11) is 0. The maximum atomic E-state index is 10.5. The summed E-state index contributed by atoms with van der Waals surface area (Å²) in [6.07, 6.45) is 3.47. The lowest BCUT2D eigenvalue weighted by Crippen LogP contribution is -1.88. The third-order valence-electron chi connectivity index (χ3n) is 1.93. The largest absolute Gasteiger partial charge is 0.298 e. The number of hydrogen-bond acceptors (Lipinski definition) is 3. The van der Waals surface area contributed by atoms with Crippen molar-refractivity contribution in [1.82, 2.24) is 4.98 Å². The highest BCUT2D eigenvalue weighted by molar-refractivity contribution is 7.09. The molecule has 0 aliphatic carbocycles. The third-order valence-corrected chi connectivity index (χ3v) is 2.71. The highest BCUT2D eigenvalue weighted by Crippen LogP contribution is 2.12. The second-order valence-electron chi connectivity index (χ2n) is 2.97. The monoisotopic (exact) mass is 203 g/mol. The Bertz CT molecular complexity index is 423. The molecule has 0 fully saturated rings. The van der Waals surface area contributed by atoms with Crippen molar-refractivity contribution in [3.63, 3.8) is 0 Å². The maximum absolute atomic E-state index is 10.5. The number of aromatic nitrogens is 1. The zero-order valence-corrected chi connectivity index (χ0v) is 8.33. The number of nitrogens with zero attached hydrogens (tertiary/aromatic N) is 1. The Labute approximate surface area is 86.2 Å². The van der Waals surface area contributed by atoms with Crippen LogP contribution < -0.4 is 0 Å². The van der Waals surface area contributed by atoms with Gasteiger partial charge in [0, 0.05) is 23.6 Å². The van der Waals surface area contributed by atoms with Crippen LogP contribution in [0.1, 0.15) is 20.9 Å². The van der Waals surface area contributed by atoms with E-state index >= 15 is 0 Å². The normalized spacial score (nSPS) is 10.0. The summed E-state index contributed by atoms with van der Waals surface area (Å²) in [5, 5.41) is 3.03. The van der Waals surface area contributed by atoms with Crippen molar-refractivity contribution in [3.05, 3.63) is 52.0 Å². The topological polar surface area (TPSA) is 30.0 Å². The molecule has 1 aromatic carbocycles. The van der Waals surface area contributed by atoms with Crippen LogP contribution in [0.25, 0.3) is 0 Å². The number of carbonyl (C=O) groups excluding carboxylic acids is 1. The van der Waals surface area contributed by atoms with Crippen LogP contribution in [0.5, 0.6) is 0 Å². The first-order valence-corrected chi connectivity index (χ1v) is 5.19. The third kappa shape index (κ3) is 2.06. The fraction of sp³-hybridized carbons (Fsp3) is 0.0909. The number of thiazole rings is 1. The smallest absolute Gasteiger partial charge is 0.150 e. The second kappa shape index (κ2) is 4.15. The number of benzene rings is 1. The standard InChI is InChI=1S/C11H9NOS/c13-8-10-3-1-2-9(6-10)7-11-12-4-5-14-11/h1-6,8H,7H2. The Morgan fingerprint density at radius 2 is 2.36 bits per heavy atom. The molecule has 0 N–H and O–H groups in total. The van der Waals surface area contributed by atoms with Gasteiger partial charge in [0.15, 0.2) is 0 Å². The molecule has 2 aromatic rings. The molecule has 0 amide bonds. The molecule has 14 heavy (non-hydrogen) atoms. The first-order valence-electron chi connectivity index (χ1n) is 4.31. The summed E-state index contributed by atoms with van der Waals surface area (Å²) in [5.74, 6) is 0. The van der Waals surface area contributed by atoms with Crippen molar-refractivity contribution >= 4 is 17.6 Å². The zero-order chi connectivity index (χ0) is 9.80. The van der Waals surface area contributed by atoms with Crippen molar-refractivity contribution in [2.75, 3.05) is 0 Å². The van der Waals surface area contributed by atoms with Crippen molar-refractivity contribution < 1.29 is 4.79 Å². The van der Waals surface area contributed by atoms with Gasteiger partial charge in [-0.25, -0.2) is 4.98 Å². The summed E-state index contributed by atoms with van der Waals surface area (Å²) in [6.45, 7) is 0. The SMILES string of the molecule is O=Cc1cccc(Cc2nccs2)c1. The van der Waals surface area contributed by atoms with Gasteiger partial charge in [0.1, 0.15) is 6.29 Å². The van der Waals surface area contributed by atoms with Crippen LogP contribution in [0.15, 0.2) is 35.8 Å². The summed E-state index contributed by atoms with van der Waals surface area (Å²) >= 11 is 1.63. The van der Waals surface area contributed by atoms with E-state index in [2.05, 4.69) is 4.98 Å². The molecule has 0 saturated heterocycles. The molecule has 1 heterocycles. The minimum Gasteiger partial charge on any atom is -0.298 e. The van der Waals surface area contributed by atoms with Crippen LogP contribution >= 0.6 is 11.3 Å². The summed E-state index contributed by atoms with van der Waals surface area (Å²) in [5.41, 5.74) is 1.85. The number of rotatable bonds is 3. The van der Waals surface area contributed by atoms with Gasteiger partial charge in [-0.3, -0.25) is 4.79 Å². The van der Waals surface area contributed by atoms with E-state index < -0.39 is 0 Å².